The second-order valence-electron chi connectivity index (χ2n) is 11.3. The molecule has 0 radical (unpaired) electrons. The maximum Gasteiger partial charge on any atom is 0.310 e. The van der Waals surface area contributed by atoms with Gasteiger partial charge in [0.2, 0.25) is 5.91 Å². The van der Waals surface area contributed by atoms with Gasteiger partial charge in [-0.3, -0.25) is 14.4 Å². The van der Waals surface area contributed by atoms with Gasteiger partial charge >= 0.3 is 5.97 Å². The molecule has 39 heavy (non-hydrogen) atoms. The summed E-state index contributed by atoms with van der Waals surface area (Å²) in [5, 5.41) is 10.1. The van der Waals surface area contributed by atoms with Crippen molar-refractivity contribution in [1.29, 1.82) is 0 Å². The average molecular weight is 555 g/mol. The number of aliphatic hydroxyl groups is 1. The molecule has 1 aromatic rings. The zero-order valence-electron chi connectivity index (χ0n) is 23.6. The first-order valence-corrected chi connectivity index (χ1v) is 14.9. The monoisotopic (exact) mass is 554 g/mol. The van der Waals surface area contributed by atoms with E-state index < -0.39 is 28.7 Å². The van der Waals surface area contributed by atoms with E-state index in [9.17, 15) is 19.5 Å². The number of carbonyl (C=O) groups is 3. The van der Waals surface area contributed by atoms with Crippen LogP contribution in [-0.2, 0) is 19.1 Å². The number of hydrogen-bond donors (Lipinski definition) is 1. The first-order valence-electron chi connectivity index (χ1n) is 14.0. The molecule has 3 unspecified atom stereocenters. The summed E-state index contributed by atoms with van der Waals surface area (Å²) >= 11 is 1.62. The summed E-state index contributed by atoms with van der Waals surface area (Å²) in [6, 6.07) is 4.60. The summed E-state index contributed by atoms with van der Waals surface area (Å²) < 4.78 is 4.93. The molecule has 7 nitrogen and oxygen atoms in total. The fraction of sp³-hybridized carbons (Fsp3) is 0.581. The first kappa shape index (κ1) is 29.4. The van der Waals surface area contributed by atoms with E-state index >= 15 is 0 Å². The second-order valence-corrected chi connectivity index (χ2v) is 12.9. The number of allylic oxidation sites excluding steroid dienone is 1. The Labute approximate surface area is 236 Å². The van der Waals surface area contributed by atoms with E-state index in [1.54, 1.807) is 34.6 Å². The van der Waals surface area contributed by atoms with Gasteiger partial charge in [0, 0.05) is 17.5 Å². The highest BCUT2D eigenvalue weighted by Gasteiger charge is 2.77. The van der Waals surface area contributed by atoms with Gasteiger partial charge in [0.05, 0.1) is 35.8 Å². The highest BCUT2D eigenvalue weighted by molar-refractivity contribution is 8.02. The van der Waals surface area contributed by atoms with Crippen LogP contribution in [0.25, 0.3) is 0 Å². The molecule has 2 bridgehead atoms. The number of rotatable bonds is 12. The lowest BCUT2D eigenvalue weighted by Gasteiger charge is -2.41. The van der Waals surface area contributed by atoms with E-state index in [0.29, 0.717) is 6.61 Å². The largest absolute Gasteiger partial charge is 0.465 e. The van der Waals surface area contributed by atoms with Crippen LogP contribution >= 0.6 is 11.8 Å². The quantitative estimate of drug-likeness (QED) is 0.234. The Morgan fingerprint density at radius 2 is 2.03 bits per heavy atom. The lowest BCUT2D eigenvalue weighted by Crippen LogP contribution is -2.59. The lowest BCUT2D eigenvalue weighted by molar-refractivity contribution is -0.155. The van der Waals surface area contributed by atoms with Crippen molar-refractivity contribution in [2.75, 3.05) is 24.7 Å². The van der Waals surface area contributed by atoms with Gasteiger partial charge in [0.15, 0.2) is 0 Å². The third-order valence-corrected chi connectivity index (χ3v) is 10.8. The smallest absolute Gasteiger partial charge is 0.310 e. The molecule has 2 amide bonds. The highest BCUT2D eigenvalue weighted by atomic mass is 32.2. The van der Waals surface area contributed by atoms with E-state index in [0.717, 1.165) is 42.5 Å². The number of hydrogen-bond acceptors (Lipinski definition) is 6. The molecule has 0 saturated carbocycles. The Balaban J connectivity index is 1.74. The Bertz CT molecular complexity index is 1140. The summed E-state index contributed by atoms with van der Waals surface area (Å²) in [6.07, 6.45) is 6.77. The Kier molecular flexibility index (Phi) is 8.96. The molecule has 212 valence electrons. The number of aliphatic hydroxyl groups excluding tert-OH is 1. The molecule has 1 aromatic carbocycles. The second kappa shape index (κ2) is 11.9. The number of benzene rings is 1. The molecule has 8 heteroatoms. The van der Waals surface area contributed by atoms with Crippen LogP contribution in [-0.4, -0.2) is 69.6 Å². The van der Waals surface area contributed by atoms with Crippen LogP contribution in [0.4, 0.5) is 5.69 Å². The average Bonchev–Trinajstić information content (AvgIpc) is 3.51. The predicted octanol–water partition coefficient (Wildman–Crippen LogP) is 4.44. The van der Waals surface area contributed by atoms with E-state index in [-0.39, 0.29) is 42.1 Å². The molecular weight excluding hydrogens is 512 g/mol. The molecule has 0 aromatic heterocycles. The molecule has 3 aliphatic heterocycles. The number of ether oxygens (including phenoxy) is 1. The number of nitrogens with zero attached hydrogens (tertiary/aromatic N) is 2. The number of unbranched alkanes of at least 4 members (excludes halogenated alkanes) is 2. The summed E-state index contributed by atoms with van der Waals surface area (Å²) in [5.41, 5.74) is 2.76. The number of amides is 2. The van der Waals surface area contributed by atoms with E-state index in [1.165, 1.54) is 0 Å². The van der Waals surface area contributed by atoms with Gasteiger partial charge in [0.1, 0.15) is 6.04 Å². The third kappa shape index (κ3) is 4.95. The predicted molar refractivity (Wildman–Crippen MR) is 156 cm³/mol. The van der Waals surface area contributed by atoms with Gasteiger partial charge in [0.25, 0.3) is 5.91 Å². The van der Waals surface area contributed by atoms with Crippen molar-refractivity contribution in [3.05, 3.63) is 54.6 Å². The Morgan fingerprint density at radius 1 is 1.28 bits per heavy atom. The van der Waals surface area contributed by atoms with Crippen LogP contribution in [0.2, 0.25) is 0 Å². The SMILES string of the molecule is C=CCCCCOC(=O)[C@@H]1[C@H]2C(=O)N([C@H](C)CO)C(C(=O)N(CC=C)c3cc(C)ccc3C)C23S[C@@H]1CC3C. The van der Waals surface area contributed by atoms with Crippen molar-refractivity contribution in [1.82, 2.24) is 4.90 Å². The Morgan fingerprint density at radius 3 is 2.69 bits per heavy atom. The number of likely N-dealkylation sites (tertiary alicyclic amines) is 1. The van der Waals surface area contributed by atoms with Crippen LogP contribution in [0.5, 0.6) is 0 Å². The number of carbonyl (C=O) groups excluding carboxylic acids is 3. The summed E-state index contributed by atoms with van der Waals surface area (Å²) in [4.78, 5) is 45.6. The third-order valence-electron chi connectivity index (χ3n) is 8.71. The molecule has 3 saturated heterocycles. The molecule has 1 spiro atoms. The zero-order chi connectivity index (χ0) is 28.5. The van der Waals surface area contributed by atoms with Crippen molar-refractivity contribution in [2.45, 2.75) is 75.5 Å². The van der Waals surface area contributed by atoms with Gasteiger partial charge in [-0.2, -0.15) is 0 Å². The maximum absolute atomic E-state index is 14.7. The van der Waals surface area contributed by atoms with Crippen molar-refractivity contribution in [3.8, 4) is 0 Å². The molecule has 4 rings (SSSR count). The van der Waals surface area contributed by atoms with Crippen LogP contribution in [0.15, 0.2) is 43.5 Å². The van der Waals surface area contributed by atoms with Crippen molar-refractivity contribution < 1.29 is 24.2 Å². The van der Waals surface area contributed by atoms with E-state index in [4.69, 9.17) is 4.74 Å². The minimum absolute atomic E-state index is 0.0344. The fourth-order valence-corrected chi connectivity index (χ4v) is 9.21. The van der Waals surface area contributed by atoms with Crippen LogP contribution in [0, 0.1) is 31.6 Å². The van der Waals surface area contributed by atoms with Crippen LogP contribution in [0.3, 0.4) is 0 Å². The number of anilines is 1. The van der Waals surface area contributed by atoms with Crippen LogP contribution in [0.1, 0.15) is 50.7 Å². The van der Waals surface area contributed by atoms with Gasteiger partial charge in [-0.25, -0.2) is 0 Å². The number of thioether (sulfide) groups is 1. The maximum atomic E-state index is 14.7. The molecule has 1 N–H and O–H groups in total. The standard InChI is InChI=1S/C31H42N2O5S/c1-7-9-10-11-15-38-30(37)25-24-17-21(5)31(39-24)26(25)28(35)33(22(6)18-34)27(31)29(36)32(14-8-2)23-16-19(3)12-13-20(23)4/h7-8,12-13,16,21-22,24-27,34H,1-2,9-11,14-15,17-18H2,3-6H3/t21?,22-,24-,25+,26+,27?,31?/m1/s1. The van der Waals surface area contributed by atoms with Gasteiger partial charge < -0.3 is 19.6 Å². The highest BCUT2D eigenvalue weighted by Crippen LogP contribution is 2.69. The normalized spacial score (nSPS) is 29.7. The lowest BCUT2D eigenvalue weighted by atomic mass is 9.66. The number of fused-ring (bicyclic) bond motifs is 1. The van der Waals surface area contributed by atoms with Gasteiger partial charge in [-0.15, -0.1) is 24.9 Å². The fourth-order valence-electron chi connectivity index (χ4n) is 6.82. The molecule has 3 aliphatic rings. The van der Waals surface area contributed by atoms with Crippen molar-refractivity contribution >= 4 is 35.2 Å². The number of aryl methyl sites for hydroxylation is 2. The Hall–Kier alpha value is -2.58. The van der Waals surface area contributed by atoms with E-state index in [2.05, 4.69) is 20.1 Å². The first-order chi connectivity index (χ1) is 18.6. The zero-order valence-corrected chi connectivity index (χ0v) is 24.4. The topological polar surface area (TPSA) is 87.1 Å². The van der Waals surface area contributed by atoms with Crippen molar-refractivity contribution in [3.63, 3.8) is 0 Å². The molecule has 7 atom stereocenters. The molecular formula is C31H42N2O5S. The van der Waals surface area contributed by atoms with E-state index in [1.807, 2.05) is 38.1 Å². The summed E-state index contributed by atoms with van der Waals surface area (Å²) in [6.45, 7) is 15.7. The van der Waals surface area contributed by atoms with Gasteiger partial charge in [-0.05, 0) is 69.6 Å². The molecule has 3 heterocycles. The summed E-state index contributed by atoms with van der Waals surface area (Å²) in [5.74, 6) is -2.00. The minimum atomic E-state index is -0.813. The van der Waals surface area contributed by atoms with Crippen LogP contribution < -0.4 is 4.90 Å². The minimum Gasteiger partial charge on any atom is -0.465 e. The number of esters is 1. The van der Waals surface area contributed by atoms with Crippen molar-refractivity contribution in [2.24, 2.45) is 17.8 Å². The van der Waals surface area contributed by atoms with Gasteiger partial charge in [-0.1, -0.05) is 31.2 Å². The molecule has 3 fully saturated rings. The molecule has 0 aliphatic carbocycles. The summed E-state index contributed by atoms with van der Waals surface area (Å²) in [7, 11) is 0.